The maximum atomic E-state index is 12.8. The predicted octanol–water partition coefficient (Wildman–Crippen LogP) is 1.55. The Labute approximate surface area is 91.7 Å². The molecule has 0 saturated heterocycles. The number of pyridine rings is 1. The number of aromatic nitrogens is 1. The van der Waals surface area contributed by atoms with Crippen LogP contribution >= 0.6 is 0 Å². The summed E-state index contributed by atoms with van der Waals surface area (Å²) in [5.41, 5.74) is 5.43. The van der Waals surface area contributed by atoms with E-state index in [-0.39, 0.29) is 30.0 Å². The van der Waals surface area contributed by atoms with E-state index in [1.165, 1.54) is 13.3 Å². The zero-order chi connectivity index (χ0) is 12.1. The zero-order valence-corrected chi connectivity index (χ0v) is 8.70. The molecule has 0 aliphatic carbocycles. The van der Waals surface area contributed by atoms with Crippen LogP contribution in [0, 0.1) is 11.3 Å². The summed E-state index contributed by atoms with van der Waals surface area (Å²) < 4.78 is 30.6. The van der Waals surface area contributed by atoms with Gasteiger partial charge in [-0.05, 0) is 0 Å². The van der Waals surface area contributed by atoms with E-state index in [0.29, 0.717) is 5.56 Å². The van der Waals surface area contributed by atoms with Crippen LogP contribution in [-0.4, -0.2) is 12.1 Å². The van der Waals surface area contributed by atoms with Gasteiger partial charge in [-0.2, -0.15) is 5.26 Å². The first-order valence-electron chi connectivity index (χ1n) is 4.55. The summed E-state index contributed by atoms with van der Waals surface area (Å²) in [6.07, 6.45) is -1.41. The van der Waals surface area contributed by atoms with Gasteiger partial charge in [0, 0.05) is 18.3 Å². The number of nitrogens with two attached hydrogens (primary N) is 1. The second kappa shape index (κ2) is 5.37. The Morgan fingerprint density at radius 2 is 2.31 bits per heavy atom. The minimum absolute atomic E-state index is 0.00648. The first kappa shape index (κ1) is 12.3. The molecule has 0 atom stereocenters. The maximum Gasteiger partial charge on any atom is 0.269 e. The normalized spacial score (nSPS) is 10.2. The summed E-state index contributed by atoms with van der Waals surface area (Å²) in [6.45, 7) is -0.0944. The van der Waals surface area contributed by atoms with Crippen molar-refractivity contribution in [2.45, 2.75) is 19.4 Å². The Morgan fingerprint density at radius 3 is 2.75 bits per heavy atom. The summed E-state index contributed by atoms with van der Waals surface area (Å²) in [7, 11) is 1.28. The Morgan fingerprint density at radius 1 is 1.62 bits per heavy atom. The second-order valence-corrected chi connectivity index (χ2v) is 3.02. The number of methoxy groups -OCH3 is 1. The van der Waals surface area contributed by atoms with Crippen molar-refractivity contribution in [1.29, 1.82) is 5.26 Å². The van der Waals surface area contributed by atoms with Crippen molar-refractivity contribution >= 4 is 0 Å². The fourth-order valence-corrected chi connectivity index (χ4v) is 1.43. The van der Waals surface area contributed by atoms with Gasteiger partial charge < -0.3 is 10.5 Å². The molecule has 1 aromatic heterocycles. The van der Waals surface area contributed by atoms with Gasteiger partial charge in [-0.25, -0.2) is 8.78 Å². The van der Waals surface area contributed by atoms with E-state index < -0.39 is 6.43 Å². The van der Waals surface area contributed by atoms with Gasteiger partial charge in [0.15, 0.2) is 0 Å². The van der Waals surface area contributed by atoms with Gasteiger partial charge >= 0.3 is 0 Å². The summed E-state index contributed by atoms with van der Waals surface area (Å²) in [5, 5.41) is 8.55. The van der Waals surface area contributed by atoms with Crippen LogP contribution in [0.25, 0.3) is 0 Å². The molecule has 6 heteroatoms. The molecule has 1 aromatic rings. The standard InChI is InChI=1S/C10H11F2N3O/c1-16-9-6(2-3-13)5-15-7(4-14)8(9)10(11)12/h5,10H,2,4,14H2,1H3. The first-order valence-corrected chi connectivity index (χ1v) is 4.55. The highest BCUT2D eigenvalue weighted by Gasteiger charge is 2.22. The lowest BCUT2D eigenvalue weighted by Gasteiger charge is -2.14. The summed E-state index contributed by atoms with van der Waals surface area (Å²) in [6, 6.07) is 1.87. The highest BCUT2D eigenvalue weighted by atomic mass is 19.3. The van der Waals surface area contributed by atoms with Crippen molar-refractivity contribution in [3.8, 4) is 11.8 Å². The van der Waals surface area contributed by atoms with Crippen molar-refractivity contribution in [3.63, 3.8) is 0 Å². The molecule has 0 bridgehead atoms. The molecule has 0 aliphatic rings. The fraction of sp³-hybridized carbons (Fsp3) is 0.400. The molecule has 2 N–H and O–H groups in total. The Kier molecular flexibility index (Phi) is 4.14. The first-order chi connectivity index (χ1) is 7.65. The topological polar surface area (TPSA) is 71.9 Å². The average molecular weight is 227 g/mol. The molecule has 0 aromatic carbocycles. The van der Waals surface area contributed by atoms with E-state index in [9.17, 15) is 8.78 Å². The van der Waals surface area contributed by atoms with Gasteiger partial charge in [0.2, 0.25) is 0 Å². The van der Waals surface area contributed by atoms with Gasteiger partial charge in [0.05, 0.1) is 30.9 Å². The predicted molar refractivity (Wildman–Crippen MR) is 53.0 cm³/mol. The van der Waals surface area contributed by atoms with Crippen LogP contribution in [0.2, 0.25) is 0 Å². The lowest BCUT2D eigenvalue weighted by molar-refractivity contribution is 0.145. The Bertz CT molecular complexity index is 415. The lowest BCUT2D eigenvalue weighted by atomic mass is 10.1. The molecule has 1 rings (SSSR count). The van der Waals surface area contributed by atoms with Crippen molar-refractivity contribution in [2.75, 3.05) is 7.11 Å². The van der Waals surface area contributed by atoms with E-state index >= 15 is 0 Å². The molecule has 0 amide bonds. The number of ether oxygens (including phenoxy) is 1. The van der Waals surface area contributed by atoms with Crippen molar-refractivity contribution in [1.82, 2.24) is 4.98 Å². The second-order valence-electron chi connectivity index (χ2n) is 3.02. The molecule has 0 unspecified atom stereocenters. The molecule has 0 aliphatic heterocycles. The smallest absolute Gasteiger partial charge is 0.269 e. The molecule has 0 radical (unpaired) electrons. The molecular formula is C10H11F2N3O. The van der Waals surface area contributed by atoms with E-state index in [4.69, 9.17) is 15.7 Å². The summed E-state index contributed by atoms with van der Waals surface area (Å²) in [5.74, 6) is 0.00648. The van der Waals surface area contributed by atoms with Gasteiger partial charge in [0.1, 0.15) is 5.75 Å². The molecule has 0 fully saturated rings. The Hall–Kier alpha value is -1.74. The molecule has 16 heavy (non-hydrogen) atoms. The summed E-state index contributed by atoms with van der Waals surface area (Å²) >= 11 is 0. The summed E-state index contributed by atoms with van der Waals surface area (Å²) in [4.78, 5) is 3.81. The highest BCUT2D eigenvalue weighted by Crippen LogP contribution is 2.34. The quantitative estimate of drug-likeness (QED) is 0.847. The third kappa shape index (κ3) is 2.25. The highest BCUT2D eigenvalue weighted by molar-refractivity contribution is 5.44. The lowest BCUT2D eigenvalue weighted by Crippen LogP contribution is -2.09. The third-order valence-electron chi connectivity index (χ3n) is 2.11. The van der Waals surface area contributed by atoms with Crippen molar-refractivity contribution in [2.24, 2.45) is 5.73 Å². The van der Waals surface area contributed by atoms with Crippen LogP contribution in [0.3, 0.4) is 0 Å². The number of hydrogen-bond acceptors (Lipinski definition) is 4. The minimum Gasteiger partial charge on any atom is -0.496 e. The molecule has 4 nitrogen and oxygen atoms in total. The number of rotatable bonds is 4. The van der Waals surface area contributed by atoms with Crippen molar-refractivity contribution < 1.29 is 13.5 Å². The molecule has 0 saturated carbocycles. The van der Waals surface area contributed by atoms with Crippen molar-refractivity contribution in [3.05, 3.63) is 23.0 Å². The van der Waals surface area contributed by atoms with Gasteiger partial charge in [-0.3, -0.25) is 4.98 Å². The van der Waals surface area contributed by atoms with E-state index in [0.717, 1.165) is 0 Å². The maximum absolute atomic E-state index is 12.8. The number of halogens is 2. The fourth-order valence-electron chi connectivity index (χ4n) is 1.43. The molecule has 86 valence electrons. The van der Waals surface area contributed by atoms with Crippen LogP contribution in [0.5, 0.6) is 5.75 Å². The Balaban J connectivity index is 3.38. The largest absolute Gasteiger partial charge is 0.496 e. The number of nitriles is 1. The number of nitrogens with zero attached hydrogens (tertiary/aromatic N) is 2. The molecular weight excluding hydrogens is 216 g/mol. The van der Waals surface area contributed by atoms with Crippen LogP contribution in [0.4, 0.5) is 8.78 Å². The van der Waals surface area contributed by atoms with E-state index in [2.05, 4.69) is 4.98 Å². The molecule has 1 heterocycles. The third-order valence-corrected chi connectivity index (χ3v) is 2.11. The van der Waals surface area contributed by atoms with E-state index in [1.807, 2.05) is 6.07 Å². The average Bonchev–Trinajstić information content (AvgIpc) is 2.28. The number of hydrogen-bond donors (Lipinski definition) is 1. The molecule has 0 spiro atoms. The monoisotopic (exact) mass is 227 g/mol. The van der Waals surface area contributed by atoms with Crippen LogP contribution in [0.15, 0.2) is 6.20 Å². The minimum atomic E-state index is -2.72. The number of alkyl halides is 2. The van der Waals surface area contributed by atoms with Gasteiger partial charge in [0.25, 0.3) is 6.43 Å². The van der Waals surface area contributed by atoms with E-state index in [1.54, 1.807) is 0 Å². The van der Waals surface area contributed by atoms with Crippen LogP contribution in [0.1, 0.15) is 23.2 Å². The van der Waals surface area contributed by atoms with Gasteiger partial charge in [-0.15, -0.1) is 0 Å². The SMILES string of the molecule is COc1c(CC#N)cnc(CN)c1C(F)F. The zero-order valence-electron chi connectivity index (χ0n) is 8.70. The van der Waals surface area contributed by atoms with Crippen LogP contribution in [-0.2, 0) is 13.0 Å². The van der Waals surface area contributed by atoms with Crippen LogP contribution < -0.4 is 10.5 Å². The van der Waals surface area contributed by atoms with Gasteiger partial charge in [-0.1, -0.05) is 0 Å².